The van der Waals surface area contributed by atoms with E-state index in [1.165, 1.54) is 12.8 Å². The van der Waals surface area contributed by atoms with Crippen LogP contribution in [0.3, 0.4) is 0 Å². The van der Waals surface area contributed by atoms with Crippen molar-refractivity contribution in [2.24, 2.45) is 5.92 Å². The number of piperidine rings is 3. The van der Waals surface area contributed by atoms with Gasteiger partial charge in [0.2, 0.25) is 0 Å². The van der Waals surface area contributed by atoms with E-state index in [2.05, 4.69) is 4.90 Å². The van der Waals surface area contributed by atoms with Crippen molar-refractivity contribution < 1.29 is 9.90 Å². The molecule has 4 rings (SSSR count). The Hall–Kier alpha value is -1.35. The lowest BCUT2D eigenvalue weighted by molar-refractivity contribution is 0.0470. The molecule has 17 heavy (non-hydrogen) atoms. The van der Waals surface area contributed by atoms with Gasteiger partial charge in [0.05, 0.1) is 5.56 Å². The zero-order valence-electron chi connectivity index (χ0n) is 9.80. The zero-order valence-corrected chi connectivity index (χ0v) is 9.80. The molecule has 0 spiro atoms. The van der Waals surface area contributed by atoms with Gasteiger partial charge in [-0.1, -0.05) is 18.2 Å². The van der Waals surface area contributed by atoms with E-state index in [-0.39, 0.29) is 0 Å². The molecule has 3 nitrogen and oxygen atoms in total. The Balaban J connectivity index is 1.96. The molecule has 1 aromatic rings. The van der Waals surface area contributed by atoms with Crippen molar-refractivity contribution in [2.75, 3.05) is 13.1 Å². The molecule has 1 unspecified atom stereocenters. The topological polar surface area (TPSA) is 40.5 Å². The van der Waals surface area contributed by atoms with Crippen molar-refractivity contribution in [1.82, 2.24) is 4.90 Å². The van der Waals surface area contributed by atoms with Crippen LogP contribution in [0.25, 0.3) is 0 Å². The Labute approximate surface area is 101 Å². The van der Waals surface area contributed by atoms with E-state index >= 15 is 0 Å². The lowest BCUT2D eigenvalue weighted by Crippen LogP contribution is -2.44. The maximum atomic E-state index is 11.3. The first kappa shape index (κ1) is 10.8. The lowest BCUT2D eigenvalue weighted by Gasteiger charge is -2.46. The molecule has 3 fully saturated rings. The van der Waals surface area contributed by atoms with E-state index in [0.717, 1.165) is 31.0 Å². The molecule has 3 aliphatic rings. The first-order chi connectivity index (χ1) is 8.25. The number of fused-ring (bicyclic) bond motifs is 3. The van der Waals surface area contributed by atoms with Crippen LogP contribution in [-0.2, 0) is 0 Å². The predicted molar refractivity (Wildman–Crippen MR) is 65.1 cm³/mol. The first-order valence-electron chi connectivity index (χ1n) is 6.32. The lowest BCUT2D eigenvalue weighted by atomic mass is 9.80. The quantitative estimate of drug-likeness (QED) is 0.850. The molecule has 3 aliphatic heterocycles. The second-order valence-electron chi connectivity index (χ2n) is 5.12. The van der Waals surface area contributed by atoms with Crippen molar-refractivity contribution in [3.63, 3.8) is 0 Å². The van der Waals surface area contributed by atoms with Crippen LogP contribution in [0.4, 0.5) is 0 Å². The summed E-state index contributed by atoms with van der Waals surface area (Å²) < 4.78 is 0. The second kappa shape index (κ2) is 4.15. The number of aromatic carboxylic acids is 1. The fourth-order valence-electron chi connectivity index (χ4n) is 3.27. The van der Waals surface area contributed by atoms with Gasteiger partial charge in [-0.3, -0.25) is 4.90 Å². The van der Waals surface area contributed by atoms with Gasteiger partial charge in [0, 0.05) is 6.04 Å². The zero-order chi connectivity index (χ0) is 11.8. The van der Waals surface area contributed by atoms with Gasteiger partial charge in [0.15, 0.2) is 0 Å². The normalized spacial score (nSPS) is 31.4. The third-order valence-electron chi connectivity index (χ3n) is 4.20. The number of carbonyl (C=O) groups is 1. The molecule has 0 aliphatic carbocycles. The highest BCUT2D eigenvalue weighted by Gasteiger charge is 2.35. The number of carboxylic acid groups (broad SMARTS) is 1. The summed E-state index contributed by atoms with van der Waals surface area (Å²) in [5.41, 5.74) is 1.48. The average molecular weight is 231 g/mol. The third-order valence-corrected chi connectivity index (χ3v) is 4.20. The van der Waals surface area contributed by atoms with E-state index in [0.29, 0.717) is 11.6 Å². The SMILES string of the molecule is O=C(O)c1ccccc1C1CC2CCN1CC2. The van der Waals surface area contributed by atoms with Gasteiger partial charge in [0.1, 0.15) is 0 Å². The molecule has 3 heteroatoms. The van der Waals surface area contributed by atoms with E-state index in [1.54, 1.807) is 6.07 Å². The minimum atomic E-state index is -0.803. The Morgan fingerprint density at radius 2 is 1.94 bits per heavy atom. The summed E-state index contributed by atoms with van der Waals surface area (Å²) in [7, 11) is 0. The number of rotatable bonds is 2. The summed E-state index contributed by atoms with van der Waals surface area (Å²) >= 11 is 0. The molecule has 3 saturated heterocycles. The summed E-state index contributed by atoms with van der Waals surface area (Å²) in [4.78, 5) is 13.7. The van der Waals surface area contributed by atoms with Gasteiger partial charge in [-0.25, -0.2) is 4.79 Å². The third kappa shape index (κ3) is 1.84. The van der Waals surface area contributed by atoms with Gasteiger partial charge < -0.3 is 5.11 Å². The minimum Gasteiger partial charge on any atom is -0.478 e. The number of nitrogens with zero attached hydrogens (tertiary/aromatic N) is 1. The largest absolute Gasteiger partial charge is 0.478 e. The van der Waals surface area contributed by atoms with Crippen LogP contribution in [0.5, 0.6) is 0 Å². The highest BCUT2D eigenvalue weighted by molar-refractivity contribution is 5.89. The van der Waals surface area contributed by atoms with Crippen LogP contribution >= 0.6 is 0 Å². The molecule has 0 radical (unpaired) electrons. The van der Waals surface area contributed by atoms with Crippen LogP contribution in [0.15, 0.2) is 24.3 Å². The smallest absolute Gasteiger partial charge is 0.336 e. The number of carboxylic acids is 1. The van der Waals surface area contributed by atoms with Crippen molar-refractivity contribution in [3.8, 4) is 0 Å². The molecule has 0 aromatic heterocycles. The summed E-state index contributed by atoms with van der Waals surface area (Å²) in [6.45, 7) is 2.26. The van der Waals surface area contributed by atoms with E-state index in [4.69, 9.17) is 0 Å². The Bertz CT molecular complexity index is 436. The average Bonchev–Trinajstić information content (AvgIpc) is 2.40. The van der Waals surface area contributed by atoms with Crippen LogP contribution in [-0.4, -0.2) is 29.1 Å². The maximum Gasteiger partial charge on any atom is 0.336 e. The van der Waals surface area contributed by atoms with Crippen molar-refractivity contribution in [3.05, 3.63) is 35.4 Å². The Morgan fingerprint density at radius 1 is 1.24 bits per heavy atom. The highest BCUT2D eigenvalue weighted by Crippen LogP contribution is 2.41. The number of benzene rings is 1. The van der Waals surface area contributed by atoms with Gasteiger partial charge in [-0.2, -0.15) is 0 Å². The second-order valence-corrected chi connectivity index (χ2v) is 5.12. The molecule has 0 amide bonds. The van der Waals surface area contributed by atoms with Crippen LogP contribution < -0.4 is 0 Å². The van der Waals surface area contributed by atoms with Gasteiger partial charge in [0.25, 0.3) is 0 Å². The van der Waals surface area contributed by atoms with Gasteiger partial charge >= 0.3 is 5.97 Å². The van der Waals surface area contributed by atoms with E-state index < -0.39 is 5.97 Å². The van der Waals surface area contributed by atoms with Gasteiger partial charge in [-0.15, -0.1) is 0 Å². The number of hydrogen-bond donors (Lipinski definition) is 1. The van der Waals surface area contributed by atoms with Crippen LogP contribution in [0.2, 0.25) is 0 Å². The molecular weight excluding hydrogens is 214 g/mol. The van der Waals surface area contributed by atoms with Crippen molar-refractivity contribution >= 4 is 5.97 Å². The molecule has 0 saturated carbocycles. The minimum absolute atomic E-state index is 0.329. The fraction of sp³-hybridized carbons (Fsp3) is 0.500. The standard InChI is InChI=1S/C14H17NO2/c16-14(17)12-4-2-1-3-11(12)13-9-10-5-7-15(13)8-6-10/h1-4,10,13H,5-9H2,(H,16,17). The number of hydrogen-bond acceptors (Lipinski definition) is 2. The molecule has 3 heterocycles. The predicted octanol–water partition coefficient (Wildman–Crippen LogP) is 2.54. The highest BCUT2D eigenvalue weighted by atomic mass is 16.4. The van der Waals surface area contributed by atoms with Crippen LogP contribution in [0, 0.1) is 5.92 Å². The monoisotopic (exact) mass is 231 g/mol. The molecule has 1 aromatic carbocycles. The first-order valence-corrected chi connectivity index (χ1v) is 6.32. The Morgan fingerprint density at radius 3 is 2.53 bits per heavy atom. The summed E-state index contributed by atoms with van der Waals surface area (Å²) in [6.07, 6.45) is 3.70. The fourth-order valence-corrected chi connectivity index (χ4v) is 3.27. The molecule has 1 N–H and O–H groups in total. The van der Waals surface area contributed by atoms with Crippen molar-refractivity contribution in [2.45, 2.75) is 25.3 Å². The van der Waals surface area contributed by atoms with Crippen LogP contribution in [0.1, 0.15) is 41.2 Å². The molecule has 2 bridgehead atoms. The molecule has 90 valence electrons. The van der Waals surface area contributed by atoms with Gasteiger partial charge in [-0.05, 0) is 49.9 Å². The molecular formula is C14H17NO2. The molecule has 1 atom stereocenters. The summed E-state index contributed by atoms with van der Waals surface area (Å²) in [6, 6.07) is 7.79. The maximum absolute atomic E-state index is 11.3. The van der Waals surface area contributed by atoms with E-state index in [1.807, 2.05) is 18.2 Å². The summed E-state index contributed by atoms with van der Waals surface area (Å²) in [5.74, 6) is -0.00454. The van der Waals surface area contributed by atoms with Crippen molar-refractivity contribution in [1.29, 1.82) is 0 Å². The summed E-state index contributed by atoms with van der Waals surface area (Å²) in [5, 5.41) is 9.25. The Kier molecular flexibility index (Phi) is 2.63. The van der Waals surface area contributed by atoms with E-state index in [9.17, 15) is 9.90 Å².